The number of ketones is 1. The summed E-state index contributed by atoms with van der Waals surface area (Å²) in [4.78, 5) is 21.5. The highest BCUT2D eigenvalue weighted by Crippen LogP contribution is 2.30. The second-order valence-electron chi connectivity index (χ2n) is 6.15. The van der Waals surface area contributed by atoms with E-state index in [4.69, 9.17) is 9.47 Å². The Hall–Kier alpha value is -3.36. The molecule has 0 unspecified atom stereocenters. The molecule has 9 nitrogen and oxygen atoms in total. The zero-order chi connectivity index (χ0) is 18.8. The molecule has 1 aliphatic rings. The van der Waals surface area contributed by atoms with Gasteiger partial charge in [-0.1, -0.05) is 0 Å². The van der Waals surface area contributed by atoms with Crippen molar-refractivity contribution in [1.82, 2.24) is 19.6 Å². The molecule has 140 valence electrons. The summed E-state index contributed by atoms with van der Waals surface area (Å²) in [5.74, 6) is 2.31. The number of carbonyl (C=O) groups excluding carboxylic acids is 1. The molecule has 4 bridgehead atoms. The fourth-order valence-corrected chi connectivity index (χ4v) is 3.02. The molecule has 0 fully saturated rings. The van der Waals surface area contributed by atoms with Crippen molar-refractivity contribution in [3.05, 3.63) is 30.1 Å². The first kappa shape index (κ1) is 17.1. The average molecular weight is 368 g/mol. The van der Waals surface area contributed by atoms with Crippen LogP contribution in [-0.2, 0) is 0 Å². The quantitative estimate of drug-likeness (QED) is 0.712. The number of anilines is 3. The van der Waals surface area contributed by atoms with Crippen LogP contribution in [0.5, 0.6) is 11.6 Å². The van der Waals surface area contributed by atoms with E-state index in [2.05, 4.69) is 25.7 Å². The minimum atomic E-state index is 0.0199. The molecule has 0 aromatic carbocycles. The van der Waals surface area contributed by atoms with Gasteiger partial charge in [-0.2, -0.15) is 9.61 Å². The highest BCUT2D eigenvalue weighted by Gasteiger charge is 2.18. The van der Waals surface area contributed by atoms with E-state index < -0.39 is 0 Å². The van der Waals surface area contributed by atoms with Crippen LogP contribution >= 0.6 is 0 Å². The molecular formula is C18H20N6O3. The summed E-state index contributed by atoms with van der Waals surface area (Å²) in [6.07, 6.45) is 5.10. The van der Waals surface area contributed by atoms with E-state index in [9.17, 15) is 4.79 Å². The van der Waals surface area contributed by atoms with Crippen LogP contribution in [-0.4, -0.2) is 46.1 Å². The lowest BCUT2D eigenvalue weighted by Gasteiger charge is -2.14. The van der Waals surface area contributed by atoms with Gasteiger partial charge in [0.2, 0.25) is 5.88 Å². The van der Waals surface area contributed by atoms with Crippen molar-refractivity contribution < 1.29 is 14.3 Å². The summed E-state index contributed by atoms with van der Waals surface area (Å²) < 4.78 is 12.7. The number of nitrogens with one attached hydrogen (secondary N) is 2. The van der Waals surface area contributed by atoms with Gasteiger partial charge in [-0.25, -0.2) is 9.97 Å². The Bertz CT molecular complexity index is 1000. The zero-order valence-electron chi connectivity index (χ0n) is 15.2. The van der Waals surface area contributed by atoms with Gasteiger partial charge in [-0.05, 0) is 12.8 Å². The molecule has 27 heavy (non-hydrogen) atoms. The number of methoxy groups -OCH3 is 1. The van der Waals surface area contributed by atoms with Crippen LogP contribution in [0.25, 0.3) is 5.65 Å². The van der Waals surface area contributed by atoms with Gasteiger partial charge < -0.3 is 20.1 Å². The third-order valence-corrected chi connectivity index (χ3v) is 4.38. The number of fused-ring (bicyclic) bond motifs is 3. The van der Waals surface area contributed by atoms with E-state index >= 15 is 0 Å². The molecule has 2 N–H and O–H groups in total. The van der Waals surface area contributed by atoms with E-state index in [-0.39, 0.29) is 5.78 Å². The molecule has 0 spiro atoms. The van der Waals surface area contributed by atoms with Crippen molar-refractivity contribution in [2.75, 3.05) is 31.4 Å². The number of ether oxygens (including phenoxy) is 2. The highest BCUT2D eigenvalue weighted by atomic mass is 16.5. The van der Waals surface area contributed by atoms with Crippen LogP contribution in [0.1, 0.15) is 29.6 Å². The lowest BCUT2D eigenvalue weighted by atomic mass is 10.1. The maximum Gasteiger partial charge on any atom is 0.237 e. The normalized spacial score (nSPS) is 14.4. The second kappa shape index (κ2) is 7.10. The largest absolute Gasteiger partial charge is 0.492 e. The first-order chi connectivity index (χ1) is 13.2. The number of nitrogens with zero attached hydrogens (tertiary/aromatic N) is 4. The number of carbonyl (C=O) groups is 1. The van der Waals surface area contributed by atoms with Gasteiger partial charge in [-0.3, -0.25) is 4.79 Å². The van der Waals surface area contributed by atoms with Crippen molar-refractivity contribution in [2.24, 2.45) is 0 Å². The van der Waals surface area contributed by atoms with E-state index in [1.54, 1.807) is 37.1 Å². The lowest BCUT2D eigenvalue weighted by molar-refractivity contribution is 0.0979. The fourth-order valence-electron chi connectivity index (χ4n) is 3.02. The van der Waals surface area contributed by atoms with E-state index in [1.807, 2.05) is 6.07 Å². The van der Waals surface area contributed by atoms with Gasteiger partial charge in [0.1, 0.15) is 23.1 Å². The average Bonchev–Trinajstić information content (AvgIpc) is 3.10. The molecule has 3 aromatic heterocycles. The van der Waals surface area contributed by atoms with Gasteiger partial charge in [0, 0.05) is 25.6 Å². The molecule has 0 radical (unpaired) electrons. The van der Waals surface area contributed by atoms with Crippen LogP contribution in [0, 0.1) is 0 Å². The molecule has 0 saturated carbocycles. The topological polar surface area (TPSA) is 103 Å². The van der Waals surface area contributed by atoms with E-state index in [0.717, 1.165) is 12.8 Å². The summed E-state index contributed by atoms with van der Waals surface area (Å²) in [5.41, 5.74) is 1.64. The number of rotatable bonds is 2. The molecule has 4 heterocycles. The molecule has 9 heteroatoms. The zero-order valence-corrected chi connectivity index (χ0v) is 15.2. The van der Waals surface area contributed by atoms with Gasteiger partial charge in [-0.15, -0.1) is 0 Å². The Morgan fingerprint density at radius 1 is 1.30 bits per heavy atom. The van der Waals surface area contributed by atoms with Gasteiger partial charge in [0.15, 0.2) is 11.4 Å². The van der Waals surface area contributed by atoms with Crippen molar-refractivity contribution in [2.45, 2.75) is 19.3 Å². The SMILES string of the molecule is CNc1cc2nc3c(cnn13)C(=O)CCCCOc1cnc(OC)c(c1)N2. The summed E-state index contributed by atoms with van der Waals surface area (Å²) in [6, 6.07) is 3.62. The number of pyridine rings is 1. The van der Waals surface area contributed by atoms with Crippen LogP contribution in [0.3, 0.4) is 0 Å². The van der Waals surface area contributed by atoms with Crippen LogP contribution in [0.2, 0.25) is 0 Å². The Balaban J connectivity index is 1.87. The Morgan fingerprint density at radius 2 is 2.19 bits per heavy atom. The second-order valence-corrected chi connectivity index (χ2v) is 6.15. The van der Waals surface area contributed by atoms with Crippen LogP contribution in [0.15, 0.2) is 24.5 Å². The van der Waals surface area contributed by atoms with Gasteiger partial charge >= 0.3 is 0 Å². The van der Waals surface area contributed by atoms with E-state index in [0.29, 0.717) is 53.2 Å². The molecule has 0 amide bonds. The predicted molar refractivity (Wildman–Crippen MR) is 100 cm³/mol. The lowest BCUT2D eigenvalue weighted by Crippen LogP contribution is -2.08. The summed E-state index contributed by atoms with van der Waals surface area (Å²) in [5, 5.41) is 10.6. The molecule has 4 rings (SSSR count). The molecule has 0 atom stereocenters. The summed E-state index contributed by atoms with van der Waals surface area (Å²) in [6.45, 7) is 0.512. The number of aromatic nitrogens is 4. The smallest absolute Gasteiger partial charge is 0.237 e. The summed E-state index contributed by atoms with van der Waals surface area (Å²) >= 11 is 0. The van der Waals surface area contributed by atoms with E-state index in [1.165, 1.54) is 0 Å². The molecule has 1 aliphatic heterocycles. The number of hydrogen-bond acceptors (Lipinski definition) is 8. The van der Waals surface area contributed by atoms with Crippen molar-refractivity contribution in [1.29, 1.82) is 0 Å². The minimum absolute atomic E-state index is 0.0199. The first-order valence-electron chi connectivity index (χ1n) is 8.73. The molecule has 0 saturated heterocycles. The predicted octanol–water partition coefficient (Wildman–Crippen LogP) is 2.66. The minimum Gasteiger partial charge on any atom is -0.492 e. The number of hydrogen-bond donors (Lipinski definition) is 2. The van der Waals surface area contributed by atoms with Crippen LogP contribution < -0.4 is 20.1 Å². The Morgan fingerprint density at radius 3 is 3.00 bits per heavy atom. The monoisotopic (exact) mass is 368 g/mol. The maximum absolute atomic E-state index is 12.6. The van der Waals surface area contributed by atoms with Crippen molar-refractivity contribution in [3.63, 3.8) is 0 Å². The first-order valence-corrected chi connectivity index (χ1v) is 8.73. The molecule has 3 aromatic rings. The van der Waals surface area contributed by atoms with Gasteiger partial charge in [0.05, 0.1) is 31.7 Å². The standard InChI is InChI=1S/C18H20N6O3/c1-19-16-8-15-22-13-7-11(9-20-18(13)26-2)27-6-4-3-5-14(25)12-10-21-24(16)17(12)23-15/h7-10,19H,3-6H2,1-2H3,(H,22,23). The van der Waals surface area contributed by atoms with Crippen LogP contribution in [0.4, 0.5) is 17.3 Å². The van der Waals surface area contributed by atoms with Gasteiger partial charge in [0.25, 0.3) is 0 Å². The summed E-state index contributed by atoms with van der Waals surface area (Å²) in [7, 11) is 3.34. The van der Waals surface area contributed by atoms with Crippen molar-refractivity contribution >= 4 is 28.8 Å². The molecular weight excluding hydrogens is 348 g/mol. The fraction of sp³-hybridized carbons (Fsp3) is 0.333. The maximum atomic E-state index is 12.6. The Labute approximate surface area is 155 Å². The highest BCUT2D eigenvalue weighted by molar-refractivity contribution is 6.01. The molecule has 0 aliphatic carbocycles. The Kier molecular flexibility index (Phi) is 4.49. The van der Waals surface area contributed by atoms with Crippen molar-refractivity contribution in [3.8, 4) is 11.6 Å². The third-order valence-electron chi connectivity index (χ3n) is 4.38. The number of Topliss-reactive ketones (excluding diaryl/α,β-unsaturated/α-hetero) is 1. The third kappa shape index (κ3) is 3.23.